The molecule has 3 aromatic heterocycles. The van der Waals surface area contributed by atoms with Gasteiger partial charge in [-0.25, -0.2) is 4.98 Å². The van der Waals surface area contributed by atoms with Gasteiger partial charge >= 0.3 is 0 Å². The van der Waals surface area contributed by atoms with E-state index in [1.807, 2.05) is 4.90 Å². The van der Waals surface area contributed by atoms with Crippen LogP contribution in [0.2, 0.25) is 0 Å². The highest BCUT2D eigenvalue weighted by Crippen LogP contribution is 2.35. The molecule has 0 saturated carbocycles. The van der Waals surface area contributed by atoms with Gasteiger partial charge in [0.2, 0.25) is 5.88 Å². The maximum atomic E-state index is 12.5. The van der Waals surface area contributed by atoms with Crippen LogP contribution in [0.3, 0.4) is 0 Å². The van der Waals surface area contributed by atoms with Crippen LogP contribution in [0.5, 0.6) is 5.88 Å². The number of hydrogen-bond donors (Lipinski definition) is 2. The van der Waals surface area contributed by atoms with E-state index in [0.29, 0.717) is 54.1 Å². The molecule has 0 unspecified atom stereocenters. The lowest BCUT2D eigenvalue weighted by atomic mass is 10.1. The Labute approximate surface area is 166 Å². The molecule has 10 nitrogen and oxygen atoms in total. The van der Waals surface area contributed by atoms with Crippen LogP contribution < -0.4 is 21.1 Å². The van der Waals surface area contributed by atoms with Crippen molar-refractivity contribution in [2.75, 3.05) is 49.7 Å². The lowest BCUT2D eigenvalue weighted by Crippen LogP contribution is -2.49. The first-order chi connectivity index (χ1) is 14.0. The molecule has 10 heteroatoms. The summed E-state index contributed by atoms with van der Waals surface area (Å²) in [4.78, 5) is 24.6. The number of nitrogen functional groups attached to an aromatic ring is 2. The molecule has 148 valence electrons. The number of fused-ring (bicyclic) bond motifs is 1. The minimum Gasteiger partial charge on any atom is -0.481 e. The van der Waals surface area contributed by atoms with Gasteiger partial charge in [0, 0.05) is 37.6 Å². The largest absolute Gasteiger partial charge is 0.481 e. The van der Waals surface area contributed by atoms with Crippen molar-refractivity contribution in [3.63, 3.8) is 0 Å². The van der Waals surface area contributed by atoms with Gasteiger partial charge in [-0.1, -0.05) is 0 Å². The highest BCUT2D eigenvalue weighted by atomic mass is 16.5. The first-order valence-electron chi connectivity index (χ1n) is 8.95. The van der Waals surface area contributed by atoms with Crippen LogP contribution >= 0.6 is 0 Å². The van der Waals surface area contributed by atoms with E-state index in [-0.39, 0.29) is 23.4 Å². The third-order valence-electron chi connectivity index (χ3n) is 4.92. The second-order valence-corrected chi connectivity index (χ2v) is 6.54. The van der Waals surface area contributed by atoms with Crippen molar-refractivity contribution in [1.82, 2.24) is 14.9 Å². The minimum absolute atomic E-state index is 0.154. The third-order valence-corrected chi connectivity index (χ3v) is 4.92. The maximum Gasteiger partial charge on any atom is 0.289 e. The molecule has 4 rings (SSSR count). The zero-order chi connectivity index (χ0) is 20.5. The number of aromatic nitrogens is 2. The number of carbonyl (C=O) groups is 1. The molecule has 1 fully saturated rings. The summed E-state index contributed by atoms with van der Waals surface area (Å²) in [5.74, 6) is 1.23. The summed E-state index contributed by atoms with van der Waals surface area (Å²) >= 11 is 0. The van der Waals surface area contributed by atoms with Crippen molar-refractivity contribution in [2.24, 2.45) is 0 Å². The van der Waals surface area contributed by atoms with Crippen LogP contribution in [0.4, 0.5) is 17.5 Å². The number of methoxy groups -OCH3 is 1. The Balaban J connectivity index is 1.66. The molecule has 4 heterocycles. The van der Waals surface area contributed by atoms with Crippen molar-refractivity contribution in [2.45, 2.75) is 0 Å². The van der Waals surface area contributed by atoms with Gasteiger partial charge in [0.05, 0.1) is 18.8 Å². The van der Waals surface area contributed by atoms with Crippen LogP contribution in [-0.2, 0) is 0 Å². The monoisotopic (exact) mass is 393 g/mol. The fourth-order valence-corrected chi connectivity index (χ4v) is 3.47. The average molecular weight is 393 g/mol. The van der Waals surface area contributed by atoms with E-state index in [4.69, 9.17) is 20.6 Å². The highest BCUT2D eigenvalue weighted by Gasteiger charge is 2.27. The summed E-state index contributed by atoms with van der Waals surface area (Å²) in [5, 5.41) is 10.8. The van der Waals surface area contributed by atoms with E-state index < -0.39 is 0 Å². The Morgan fingerprint density at radius 1 is 1.24 bits per heavy atom. The van der Waals surface area contributed by atoms with Crippen LogP contribution in [0, 0.1) is 11.3 Å². The van der Waals surface area contributed by atoms with Crippen LogP contribution in [0.25, 0.3) is 10.8 Å². The van der Waals surface area contributed by atoms with Gasteiger partial charge in [0.25, 0.3) is 5.91 Å². The molecule has 3 aromatic rings. The molecule has 1 amide bonds. The molecule has 0 aromatic carbocycles. The predicted octanol–water partition coefficient (Wildman–Crippen LogP) is 1.23. The third kappa shape index (κ3) is 3.12. The van der Waals surface area contributed by atoms with E-state index in [9.17, 15) is 10.1 Å². The molecule has 0 atom stereocenters. The number of pyridine rings is 2. The zero-order valence-corrected chi connectivity index (χ0v) is 15.8. The summed E-state index contributed by atoms with van der Waals surface area (Å²) in [5.41, 5.74) is 12.5. The highest BCUT2D eigenvalue weighted by molar-refractivity contribution is 6.04. The molecular weight excluding hydrogens is 374 g/mol. The van der Waals surface area contributed by atoms with Crippen molar-refractivity contribution in [3.8, 4) is 11.9 Å². The smallest absolute Gasteiger partial charge is 0.289 e. The van der Waals surface area contributed by atoms with E-state index in [1.165, 1.54) is 13.4 Å². The summed E-state index contributed by atoms with van der Waals surface area (Å²) in [6, 6.07) is 7.15. The number of rotatable bonds is 3. The summed E-state index contributed by atoms with van der Waals surface area (Å²) in [7, 11) is 1.47. The van der Waals surface area contributed by atoms with Crippen LogP contribution in [0.15, 0.2) is 28.9 Å². The first kappa shape index (κ1) is 18.4. The Kier molecular flexibility index (Phi) is 4.56. The lowest BCUT2D eigenvalue weighted by Gasteiger charge is -2.35. The maximum absolute atomic E-state index is 12.5. The normalized spacial score (nSPS) is 14.1. The van der Waals surface area contributed by atoms with Gasteiger partial charge in [-0.05, 0) is 12.1 Å². The second kappa shape index (κ2) is 7.20. The molecule has 1 aliphatic rings. The first-order valence-corrected chi connectivity index (χ1v) is 8.95. The van der Waals surface area contributed by atoms with Gasteiger partial charge < -0.3 is 30.4 Å². The SMILES string of the molecule is COc1cc2c(C#N)c(N3CCN(C(=O)c4ccco4)CC3)nc(N)c2c(N)n1. The molecule has 0 radical (unpaired) electrons. The molecule has 0 bridgehead atoms. The number of ether oxygens (including phenoxy) is 1. The van der Waals surface area contributed by atoms with Gasteiger partial charge in [0.1, 0.15) is 29.1 Å². The van der Waals surface area contributed by atoms with Crippen LogP contribution in [0.1, 0.15) is 16.1 Å². The number of hydrogen-bond acceptors (Lipinski definition) is 9. The topological polar surface area (TPSA) is 148 Å². The van der Waals surface area contributed by atoms with Gasteiger partial charge in [0.15, 0.2) is 5.76 Å². The quantitative estimate of drug-likeness (QED) is 0.670. The van der Waals surface area contributed by atoms with E-state index >= 15 is 0 Å². The van der Waals surface area contributed by atoms with Crippen LogP contribution in [-0.4, -0.2) is 54.1 Å². The Morgan fingerprint density at radius 2 is 1.97 bits per heavy atom. The summed E-state index contributed by atoms with van der Waals surface area (Å²) in [6.45, 7) is 1.92. The molecule has 1 saturated heterocycles. The van der Waals surface area contributed by atoms with Crippen molar-refractivity contribution in [3.05, 3.63) is 35.8 Å². The van der Waals surface area contributed by atoms with E-state index in [0.717, 1.165) is 0 Å². The molecule has 0 spiro atoms. The van der Waals surface area contributed by atoms with Gasteiger partial charge in [-0.3, -0.25) is 4.79 Å². The van der Waals surface area contributed by atoms with E-state index in [1.54, 1.807) is 23.1 Å². The number of piperazine rings is 1. The Bertz CT molecular complexity index is 1110. The van der Waals surface area contributed by atoms with Gasteiger partial charge in [-0.2, -0.15) is 10.2 Å². The fraction of sp³-hybridized carbons (Fsp3) is 0.263. The number of amides is 1. The van der Waals surface area contributed by atoms with E-state index in [2.05, 4.69) is 16.0 Å². The number of carbonyl (C=O) groups excluding carboxylic acids is 1. The summed E-state index contributed by atoms with van der Waals surface area (Å²) < 4.78 is 10.4. The predicted molar refractivity (Wildman–Crippen MR) is 106 cm³/mol. The molecule has 1 aliphatic heterocycles. The van der Waals surface area contributed by atoms with Gasteiger partial charge in [-0.15, -0.1) is 0 Å². The number of nitrogens with zero attached hydrogens (tertiary/aromatic N) is 5. The number of anilines is 3. The standard InChI is InChI=1S/C19H19N7O3/c1-28-14-9-11-12(10-20)18(24-17(22)15(11)16(21)23-14)25-4-6-26(7-5-25)19(27)13-3-2-8-29-13/h2-3,8-9H,4-7H2,1H3,(H2,21,23)(H2,22,24). The number of furan rings is 1. The van der Waals surface area contributed by atoms with Crippen molar-refractivity contribution in [1.29, 1.82) is 5.26 Å². The average Bonchev–Trinajstić information content (AvgIpc) is 3.27. The molecule has 29 heavy (non-hydrogen) atoms. The Morgan fingerprint density at radius 3 is 2.59 bits per heavy atom. The minimum atomic E-state index is -0.162. The lowest BCUT2D eigenvalue weighted by molar-refractivity contribution is 0.0714. The second-order valence-electron chi connectivity index (χ2n) is 6.54. The molecular formula is C19H19N7O3. The fourth-order valence-electron chi connectivity index (χ4n) is 3.47. The molecule has 0 aliphatic carbocycles. The van der Waals surface area contributed by atoms with Crippen molar-refractivity contribution < 1.29 is 13.9 Å². The molecule has 4 N–H and O–H groups in total. The summed E-state index contributed by atoms with van der Waals surface area (Å²) in [6.07, 6.45) is 1.47. The zero-order valence-electron chi connectivity index (χ0n) is 15.8. The van der Waals surface area contributed by atoms with Crippen molar-refractivity contribution >= 4 is 34.1 Å². The number of nitrogens with two attached hydrogens (primary N) is 2. The number of nitriles is 1. The Hall–Kier alpha value is -4.00.